The number of nitrogens with one attached hydrogen (secondary N) is 1. The maximum atomic E-state index is 13.0. The summed E-state index contributed by atoms with van der Waals surface area (Å²) in [6.07, 6.45) is 1.61. The third-order valence-electron chi connectivity index (χ3n) is 2.76. The van der Waals surface area contributed by atoms with Gasteiger partial charge in [-0.05, 0) is 23.8 Å². The van der Waals surface area contributed by atoms with Crippen LogP contribution in [-0.2, 0) is 11.3 Å². The van der Waals surface area contributed by atoms with Crippen molar-refractivity contribution in [1.29, 1.82) is 0 Å². The Balaban J connectivity index is 1.78. The van der Waals surface area contributed by atoms with Crippen LogP contribution in [0.2, 0.25) is 0 Å². The van der Waals surface area contributed by atoms with Crippen LogP contribution < -0.4 is 10.1 Å². The van der Waals surface area contributed by atoms with Gasteiger partial charge in [0.1, 0.15) is 0 Å². The molecule has 0 saturated heterocycles. The molecular weight excluding hydrogens is 310 g/mol. The standard InChI is InChI=1S/C15H14F2N2O2S/c1-21-15-5-2-10(8-19-15)7-18-14(20)9-22-11-3-4-12(16)13(17)6-11/h2-6,8H,7,9H2,1H3,(H,18,20). The number of ether oxygens (including phenoxy) is 1. The Morgan fingerprint density at radius 3 is 2.73 bits per heavy atom. The van der Waals surface area contributed by atoms with Crippen LogP contribution in [0, 0.1) is 11.6 Å². The quantitative estimate of drug-likeness (QED) is 0.830. The molecule has 0 saturated carbocycles. The number of pyridine rings is 1. The van der Waals surface area contributed by atoms with E-state index in [1.807, 2.05) is 0 Å². The highest BCUT2D eigenvalue weighted by Gasteiger charge is 2.06. The molecule has 0 atom stereocenters. The van der Waals surface area contributed by atoms with Gasteiger partial charge >= 0.3 is 0 Å². The van der Waals surface area contributed by atoms with Crippen molar-refractivity contribution in [2.45, 2.75) is 11.4 Å². The lowest BCUT2D eigenvalue weighted by molar-refractivity contribution is -0.118. The summed E-state index contributed by atoms with van der Waals surface area (Å²) < 4.78 is 30.8. The molecule has 0 aliphatic carbocycles. The molecule has 0 radical (unpaired) electrons. The lowest BCUT2D eigenvalue weighted by Gasteiger charge is -2.06. The van der Waals surface area contributed by atoms with Crippen molar-refractivity contribution >= 4 is 17.7 Å². The highest BCUT2D eigenvalue weighted by molar-refractivity contribution is 8.00. The normalized spacial score (nSPS) is 10.3. The number of thioether (sulfide) groups is 1. The molecule has 2 rings (SSSR count). The monoisotopic (exact) mass is 324 g/mol. The fourth-order valence-electron chi connectivity index (χ4n) is 1.60. The summed E-state index contributed by atoms with van der Waals surface area (Å²) in [5.41, 5.74) is 0.840. The molecule has 1 heterocycles. The van der Waals surface area contributed by atoms with Crippen LogP contribution in [0.25, 0.3) is 0 Å². The van der Waals surface area contributed by atoms with E-state index in [0.717, 1.165) is 29.5 Å². The van der Waals surface area contributed by atoms with Crippen LogP contribution in [0.4, 0.5) is 8.78 Å². The summed E-state index contributed by atoms with van der Waals surface area (Å²) in [6, 6.07) is 7.05. The molecule has 4 nitrogen and oxygen atoms in total. The van der Waals surface area contributed by atoms with E-state index in [4.69, 9.17) is 4.74 Å². The Kier molecular flexibility index (Phi) is 5.71. The van der Waals surface area contributed by atoms with Gasteiger partial charge in [-0.25, -0.2) is 13.8 Å². The summed E-state index contributed by atoms with van der Waals surface area (Å²) in [5.74, 6) is -1.40. The van der Waals surface area contributed by atoms with Crippen molar-refractivity contribution in [2.75, 3.05) is 12.9 Å². The average Bonchev–Trinajstić information content (AvgIpc) is 2.54. The van der Waals surface area contributed by atoms with E-state index < -0.39 is 11.6 Å². The van der Waals surface area contributed by atoms with E-state index >= 15 is 0 Å². The van der Waals surface area contributed by atoms with Crippen LogP contribution in [0.3, 0.4) is 0 Å². The first kappa shape index (κ1) is 16.2. The number of benzene rings is 1. The van der Waals surface area contributed by atoms with Crippen molar-refractivity contribution < 1.29 is 18.3 Å². The predicted octanol–water partition coefficient (Wildman–Crippen LogP) is 2.78. The fraction of sp³-hybridized carbons (Fsp3) is 0.200. The Labute approximate surface area is 130 Å². The molecule has 1 aromatic carbocycles. The van der Waals surface area contributed by atoms with Crippen LogP contribution >= 0.6 is 11.8 Å². The van der Waals surface area contributed by atoms with Gasteiger partial charge in [-0.15, -0.1) is 11.8 Å². The van der Waals surface area contributed by atoms with Crippen molar-refractivity contribution in [3.8, 4) is 5.88 Å². The fourth-order valence-corrected chi connectivity index (χ4v) is 2.35. The number of nitrogens with zero attached hydrogens (tertiary/aromatic N) is 1. The van der Waals surface area contributed by atoms with E-state index in [1.54, 1.807) is 18.3 Å². The lowest BCUT2D eigenvalue weighted by Crippen LogP contribution is -2.24. The van der Waals surface area contributed by atoms with Gasteiger partial charge in [-0.1, -0.05) is 6.07 Å². The smallest absolute Gasteiger partial charge is 0.230 e. The van der Waals surface area contributed by atoms with Crippen molar-refractivity contribution in [3.05, 3.63) is 53.7 Å². The number of carbonyl (C=O) groups is 1. The molecule has 0 unspecified atom stereocenters. The largest absolute Gasteiger partial charge is 0.481 e. The highest BCUT2D eigenvalue weighted by atomic mass is 32.2. The zero-order valence-electron chi connectivity index (χ0n) is 11.8. The third-order valence-corrected chi connectivity index (χ3v) is 3.75. The van der Waals surface area contributed by atoms with Gasteiger partial charge < -0.3 is 10.1 Å². The minimum absolute atomic E-state index is 0.120. The van der Waals surface area contributed by atoms with Crippen LogP contribution in [0.5, 0.6) is 5.88 Å². The van der Waals surface area contributed by atoms with E-state index in [0.29, 0.717) is 17.3 Å². The van der Waals surface area contributed by atoms with Crippen molar-refractivity contribution in [2.24, 2.45) is 0 Å². The first-order valence-electron chi connectivity index (χ1n) is 6.42. The zero-order chi connectivity index (χ0) is 15.9. The summed E-state index contributed by atoms with van der Waals surface area (Å²) >= 11 is 1.14. The molecule has 0 spiro atoms. The van der Waals surface area contributed by atoms with Gasteiger partial charge in [0, 0.05) is 23.7 Å². The number of amides is 1. The molecule has 116 valence electrons. The molecular formula is C15H14F2N2O2S. The molecule has 0 bridgehead atoms. The first-order valence-corrected chi connectivity index (χ1v) is 7.40. The third kappa shape index (κ3) is 4.70. The number of hydrogen-bond acceptors (Lipinski definition) is 4. The first-order chi connectivity index (χ1) is 10.6. The van der Waals surface area contributed by atoms with Gasteiger partial charge in [0.25, 0.3) is 0 Å². The molecule has 2 aromatic rings. The predicted molar refractivity (Wildman–Crippen MR) is 79.7 cm³/mol. The average molecular weight is 324 g/mol. The summed E-state index contributed by atoms with van der Waals surface area (Å²) in [7, 11) is 1.53. The summed E-state index contributed by atoms with van der Waals surface area (Å²) in [6.45, 7) is 0.341. The second-order valence-electron chi connectivity index (χ2n) is 4.35. The number of methoxy groups -OCH3 is 1. The lowest BCUT2D eigenvalue weighted by atomic mass is 10.3. The molecule has 1 aromatic heterocycles. The van der Waals surface area contributed by atoms with E-state index in [1.165, 1.54) is 13.2 Å². The van der Waals surface area contributed by atoms with Gasteiger partial charge in [-0.3, -0.25) is 4.79 Å². The van der Waals surface area contributed by atoms with E-state index in [2.05, 4.69) is 10.3 Å². The maximum Gasteiger partial charge on any atom is 0.230 e. The highest BCUT2D eigenvalue weighted by Crippen LogP contribution is 2.20. The van der Waals surface area contributed by atoms with Gasteiger partial charge in [0.2, 0.25) is 11.8 Å². The molecule has 0 aliphatic rings. The Bertz CT molecular complexity index is 650. The Morgan fingerprint density at radius 1 is 1.27 bits per heavy atom. The van der Waals surface area contributed by atoms with Gasteiger partial charge in [0.05, 0.1) is 12.9 Å². The minimum Gasteiger partial charge on any atom is -0.481 e. The molecule has 7 heteroatoms. The molecule has 1 amide bonds. The van der Waals surface area contributed by atoms with Crippen LogP contribution in [0.15, 0.2) is 41.4 Å². The van der Waals surface area contributed by atoms with E-state index in [9.17, 15) is 13.6 Å². The molecule has 22 heavy (non-hydrogen) atoms. The topological polar surface area (TPSA) is 51.2 Å². The molecule has 1 N–H and O–H groups in total. The summed E-state index contributed by atoms with van der Waals surface area (Å²) in [4.78, 5) is 16.3. The van der Waals surface area contributed by atoms with Crippen molar-refractivity contribution in [1.82, 2.24) is 10.3 Å². The number of hydrogen-bond donors (Lipinski definition) is 1. The van der Waals surface area contributed by atoms with E-state index in [-0.39, 0.29) is 11.7 Å². The van der Waals surface area contributed by atoms with Crippen molar-refractivity contribution in [3.63, 3.8) is 0 Å². The van der Waals surface area contributed by atoms with Gasteiger partial charge in [-0.2, -0.15) is 0 Å². The number of aromatic nitrogens is 1. The summed E-state index contributed by atoms with van der Waals surface area (Å²) in [5, 5.41) is 2.72. The number of rotatable bonds is 6. The van der Waals surface area contributed by atoms with Gasteiger partial charge in [0.15, 0.2) is 11.6 Å². The second kappa shape index (κ2) is 7.74. The van der Waals surface area contributed by atoms with Crippen LogP contribution in [-0.4, -0.2) is 23.8 Å². The zero-order valence-corrected chi connectivity index (χ0v) is 12.6. The maximum absolute atomic E-state index is 13.0. The number of carbonyl (C=O) groups excluding carboxylic acids is 1. The number of halogens is 2. The minimum atomic E-state index is -0.922. The van der Waals surface area contributed by atoms with Crippen LogP contribution in [0.1, 0.15) is 5.56 Å². The Morgan fingerprint density at radius 2 is 2.09 bits per heavy atom. The Hall–Kier alpha value is -2.15. The molecule has 0 fully saturated rings. The second-order valence-corrected chi connectivity index (χ2v) is 5.40. The molecule has 0 aliphatic heterocycles. The SMILES string of the molecule is COc1ccc(CNC(=O)CSc2ccc(F)c(F)c2)cn1.